The number of piperidine rings is 1. The molecule has 2 rings (SSSR count). The molecule has 16 heavy (non-hydrogen) atoms. The van der Waals surface area contributed by atoms with E-state index in [1.807, 2.05) is 6.20 Å². The fraction of sp³-hybridized carbons (Fsp3) is 0.538. The fourth-order valence-electron chi connectivity index (χ4n) is 2.29. The predicted molar refractivity (Wildman–Crippen MR) is 64.7 cm³/mol. The highest BCUT2D eigenvalue weighted by Crippen LogP contribution is 2.23. The van der Waals surface area contributed by atoms with Crippen LogP contribution in [0.1, 0.15) is 24.0 Å². The van der Waals surface area contributed by atoms with Gasteiger partial charge in [0.1, 0.15) is 12.1 Å². The van der Waals surface area contributed by atoms with Crippen molar-refractivity contribution in [1.29, 1.82) is 0 Å². The molecule has 0 aliphatic carbocycles. The van der Waals surface area contributed by atoms with Gasteiger partial charge >= 0.3 is 0 Å². The largest absolute Gasteiger partial charge is 0.356 e. The Bertz CT molecular complexity index is 382. The second kappa shape index (κ2) is 4.64. The zero-order chi connectivity index (χ0) is 11.5. The van der Waals surface area contributed by atoms with Crippen LogP contribution in [-0.2, 0) is 4.79 Å². The molecule has 1 aromatic heterocycles. The van der Waals surface area contributed by atoms with Crippen LogP contribution >= 0.6 is 0 Å². The second-order valence-electron chi connectivity index (χ2n) is 4.61. The number of hydrogen-bond donors (Lipinski definition) is 0. The maximum atomic E-state index is 10.7. The van der Waals surface area contributed by atoms with Gasteiger partial charge in [-0.15, -0.1) is 0 Å². The Morgan fingerprint density at radius 3 is 2.62 bits per heavy atom. The third-order valence-electron chi connectivity index (χ3n) is 3.22. The number of hydrogen-bond acceptors (Lipinski definition) is 3. The number of aryl methyl sites for hydroxylation is 2. The van der Waals surface area contributed by atoms with Crippen molar-refractivity contribution in [3.05, 3.63) is 23.4 Å². The summed E-state index contributed by atoms with van der Waals surface area (Å²) in [4.78, 5) is 17.5. The van der Waals surface area contributed by atoms with E-state index < -0.39 is 0 Å². The summed E-state index contributed by atoms with van der Waals surface area (Å²) in [6.45, 7) is 6.05. The van der Waals surface area contributed by atoms with Gasteiger partial charge in [-0.1, -0.05) is 6.07 Å². The van der Waals surface area contributed by atoms with Crippen LogP contribution < -0.4 is 4.90 Å². The minimum Gasteiger partial charge on any atom is -0.356 e. The fourth-order valence-corrected chi connectivity index (χ4v) is 2.29. The smallest absolute Gasteiger partial charge is 0.131 e. The molecule has 1 saturated heterocycles. The van der Waals surface area contributed by atoms with Crippen LogP contribution in [0.5, 0.6) is 0 Å². The molecule has 1 aromatic rings. The van der Waals surface area contributed by atoms with Gasteiger partial charge in [-0.3, -0.25) is 0 Å². The summed E-state index contributed by atoms with van der Waals surface area (Å²) in [5.41, 5.74) is 2.42. The SMILES string of the molecule is Cc1cnc(N2CCC(C=O)CC2)c(C)c1. The lowest BCUT2D eigenvalue weighted by Crippen LogP contribution is -2.35. The zero-order valence-corrected chi connectivity index (χ0v) is 9.94. The van der Waals surface area contributed by atoms with E-state index in [4.69, 9.17) is 0 Å². The summed E-state index contributed by atoms with van der Waals surface area (Å²) in [6, 6.07) is 2.16. The highest BCUT2D eigenvalue weighted by Gasteiger charge is 2.20. The standard InChI is InChI=1S/C13H18N2O/c1-10-7-11(2)13(14-8-10)15-5-3-12(9-16)4-6-15/h7-9,12H,3-6H2,1-2H3. The average Bonchev–Trinajstić information content (AvgIpc) is 2.29. The van der Waals surface area contributed by atoms with E-state index in [1.165, 1.54) is 11.1 Å². The Balaban J connectivity index is 2.11. The van der Waals surface area contributed by atoms with Crippen LogP contribution in [0.4, 0.5) is 5.82 Å². The summed E-state index contributed by atoms with van der Waals surface area (Å²) < 4.78 is 0. The van der Waals surface area contributed by atoms with Gasteiger partial charge in [0, 0.05) is 25.2 Å². The number of pyridine rings is 1. The van der Waals surface area contributed by atoms with Gasteiger partial charge < -0.3 is 9.69 Å². The monoisotopic (exact) mass is 218 g/mol. The van der Waals surface area contributed by atoms with Crippen molar-refractivity contribution in [1.82, 2.24) is 4.98 Å². The molecule has 0 spiro atoms. The van der Waals surface area contributed by atoms with E-state index >= 15 is 0 Å². The molecular weight excluding hydrogens is 200 g/mol. The Labute approximate surface area is 96.5 Å². The number of carbonyl (C=O) groups is 1. The molecule has 0 saturated carbocycles. The van der Waals surface area contributed by atoms with Crippen molar-refractivity contribution in [2.24, 2.45) is 5.92 Å². The lowest BCUT2D eigenvalue weighted by molar-refractivity contribution is -0.111. The van der Waals surface area contributed by atoms with Crippen LogP contribution in [0.3, 0.4) is 0 Å². The van der Waals surface area contributed by atoms with Crippen LogP contribution in [-0.4, -0.2) is 24.4 Å². The van der Waals surface area contributed by atoms with Crippen LogP contribution in [0.15, 0.2) is 12.3 Å². The molecule has 0 aromatic carbocycles. The van der Waals surface area contributed by atoms with Gasteiger partial charge in [-0.2, -0.15) is 0 Å². The third-order valence-corrected chi connectivity index (χ3v) is 3.22. The first-order valence-electron chi connectivity index (χ1n) is 5.84. The summed E-state index contributed by atoms with van der Waals surface area (Å²) in [5.74, 6) is 1.33. The summed E-state index contributed by atoms with van der Waals surface area (Å²) in [7, 11) is 0. The molecule has 1 aliphatic rings. The van der Waals surface area contributed by atoms with E-state index in [0.717, 1.165) is 38.0 Å². The van der Waals surface area contributed by atoms with Gasteiger partial charge in [0.05, 0.1) is 0 Å². The molecule has 3 heteroatoms. The van der Waals surface area contributed by atoms with Crippen molar-refractivity contribution in [3.63, 3.8) is 0 Å². The summed E-state index contributed by atoms with van der Waals surface area (Å²) in [5, 5.41) is 0. The molecule has 0 unspecified atom stereocenters. The highest BCUT2D eigenvalue weighted by atomic mass is 16.1. The van der Waals surface area contributed by atoms with Crippen molar-refractivity contribution in [3.8, 4) is 0 Å². The molecule has 86 valence electrons. The first kappa shape index (κ1) is 11.1. The van der Waals surface area contributed by atoms with Crippen LogP contribution in [0.25, 0.3) is 0 Å². The van der Waals surface area contributed by atoms with Crippen LogP contribution in [0.2, 0.25) is 0 Å². The van der Waals surface area contributed by atoms with E-state index in [-0.39, 0.29) is 5.92 Å². The zero-order valence-electron chi connectivity index (χ0n) is 9.94. The normalized spacial score (nSPS) is 17.5. The Kier molecular flexibility index (Phi) is 3.22. The van der Waals surface area contributed by atoms with Crippen molar-refractivity contribution >= 4 is 12.1 Å². The first-order valence-corrected chi connectivity index (χ1v) is 5.84. The van der Waals surface area contributed by atoms with Crippen molar-refractivity contribution in [2.45, 2.75) is 26.7 Å². The average molecular weight is 218 g/mol. The summed E-state index contributed by atoms with van der Waals surface area (Å²) in [6.07, 6.45) is 4.91. The van der Waals surface area contributed by atoms with E-state index in [2.05, 4.69) is 29.8 Å². The minimum atomic E-state index is 0.252. The van der Waals surface area contributed by atoms with Crippen molar-refractivity contribution < 1.29 is 4.79 Å². The lowest BCUT2D eigenvalue weighted by Gasteiger charge is -2.31. The molecule has 3 nitrogen and oxygen atoms in total. The molecule has 0 N–H and O–H groups in total. The van der Waals surface area contributed by atoms with E-state index in [9.17, 15) is 4.79 Å². The van der Waals surface area contributed by atoms with Gasteiger partial charge in [-0.25, -0.2) is 4.98 Å². The van der Waals surface area contributed by atoms with E-state index in [1.54, 1.807) is 0 Å². The molecular formula is C13H18N2O. The van der Waals surface area contributed by atoms with Gasteiger partial charge in [0.25, 0.3) is 0 Å². The Morgan fingerprint density at radius 1 is 1.38 bits per heavy atom. The topological polar surface area (TPSA) is 33.2 Å². The Hall–Kier alpha value is -1.38. The van der Waals surface area contributed by atoms with E-state index in [0.29, 0.717) is 0 Å². The Morgan fingerprint density at radius 2 is 2.06 bits per heavy atom. The third kappa shape index (κ3) is 2.23. The molecule has 1 fully saturated rings. The number of anilines is 1. The minimum absolute atomic E-state index is 0.252. The first-order chi connectivity index (χ1) is 7.70. The van der Waals surface area contributed by atoms with Gasteiger partial charge in [0.15, 0.2) is 0 Å². The van der Waals surface area contributed by atoms with Crippen LogP contribution in [0, 0.1) is 19.8 Å². The van der Waals surface area contributed by atoms with Gasteiger partial charge in [0.2, 0.25) is 0 Å². The van der Waals surface area contributed by atoms with Gasteiger partial charge in [-0.05, 0) is 37.8 Å². The molecule has 0 radical (unpaired) electrons. The molecule has 0 atom stereocenters. The quantitative estimate of drug-likeness (QED) is 0.713. The maximum Gasteiger partial charge on any atom is 0.131 e. The second-order valence-corrected chi connectivity index (χ2v) is 4.61. The lowest BCUT2D eigenvalue weighted by atomic mass is 9.98. The number of nitrogens with zero attached hydrogens (tertiary/aromatic N) is 2. The molecule has 1 aliphatic heterocycles. The number of aromatic nitrogens is 1. The number of carbonyl (C=O) groups excluding carboxylic acids is 1. The highest BCUT2D eigenvalue weighted by molar-refractivity contribution is 5.55. The predicted octanol–water partition coefficient (Wildman–Crippen LogP) is 2.11. The number of aldehydes is 1. The molecule has 2 heterocycles. The molecule has 0 amide bonds. The maximum absolute atomic E-state index is 10.7. The van der Waals surface area contributed by atoms with Crippen molar-refractivity contribution in [2.75, 3.05) is 18.0 Å². The molecule has 0 bridgehead atoms. The number of rotatable bonds is 2. The summed E-state index contributed by atoms with van der Waals surface area (Å²) >= 11 is 0.